The SMILES string of the molecule is CC(=O)Nc1cn[nH]c1C1CCCN(C(=O)c2cccc3ccccc23)C1. The predicted octanol–water partition coefficient (Wildman–Crippen LogP) is 3.54. The summed E-state index contributed by atoms with van der Waals surface area (Å²) in [5, 5.41) is 11.9. The molecule has 0 radical (unpaired) electrons. The van der Waals surface area contributed by atoms with Crippen molar-refractivity contribution in [2.24, 2.45) is 0 Å². The Morgan fingerprint density at radius 2 is 2.00 bits per heavy atom. The van der Waals surface area contributed by atoms with Gasteiger partial charge in [0.15, 0.2) is 0 Å². The number of benzene rings is 2. The van der Waals surface area contributed by atoms with Crippen LogP contribution in [0.15, 0.2) is 48.7 Å². The normalized spacial score (nSPS) is 17.1. The summed E-state index contributed by atoms with van der Waals surface area (Å²) in [7, 11) is 0. The Hall–Kier alpha value is -3.15. The van der Waals surface area contributed by atoms with Gasteiger partial charge in [-0.05, 0) is 29.7 Å². The number of H-pyrrole nitrogens is 1. The average Bonchev–Trinajstić information content (AvgIpc) is 3.14. The first-order valence-electron chi connectivity index (χ1n) is 9.21. The minimum absolute atomic E-state index is 0.0529. The molecule has 4 rings (SSSR count). The van der Waals surface area contributed by atoms with Crippen molar-refractivity contribution in [3.05, 3.63) is 59.9 Å². The predicted molar refractivity (Wildman–Crippen MR) is 105 cm³/mol. The number of fused-ring (bicyclic) bond motifs is 1. The maximum Gasteiger partial charge on any atom is 0.254 e. The second-order valence-electron chi connectivity index (χ2n) is 7.00. The number of hydrogen-bond donors (Lipinski definition) is 2. The molecule has 6 heteroatoms. The van der Waals surface area contributed by atoms with Crippen LogP contribution in [0.1, 0.15) is 41.7 Å². The topological polar surface area (TPSA) is 78.1 Å². The maximum atomic E-state index is 13.2. The number of nitrogens with one attached hydrogen (secondary N) is 2. The summed E-state index contributed by atoms with van der Waals surface area (Å²) in [6.45, 7) is 2.83. The molecular formula is C21H22N4O2. The highest BCUT2D eigenvalue weighted by Crippen LogP contribution is 2.31. The van der Waals surface area contributed by atoms with Gasteiger partial charge in [0.1, 0.15) is 0 Å². The lowest BCUT2D eigenvalue weighted by Gasteiger charge is -2.33. The largest absolute Gasteiger partial charge is 0.338 e. The van der Waals surface area contributed by atoms with Gasteiger partial charge in [-0.3, -0.25) is 14.7 Å². The number of carbonyl (C=O) groups excluding carboxylic acids is 2. The molecule has 1 fully saturated rings. The molecule has 2 N–H and O–H groups in total. The monoisotopic (exact) mass is 362 g/mol. The molecule has 0 aliphatic carbocycles. The van der Waals surface area contributed by atoms with E-state index in [0.29, 0.717) is 12.2 Å². The van der Waals surface area contributed by atoms with E-state index in [2.05, 4.69) is 15.5 Å². The van der Waals surface area contributed by atoms with E-state index in [9.17, 15) is 9.59 Å². The fourth-order valence-electron chi connectivity index (χ4n) is 3.88. The molecule has 3 aromatic rings. The summed E-state index contributed by atoms with van der Waals surface area (Å²) in [5.41, 5.74) is 2.33. The van der Waals surface area contributed by atoms with E-state index >= 15 is 0 Å². The highest BCUT2D eigenvalue weighted by molar-refractivity contribution is 6.07. The first-order chi connectivity index (χ1) is 13.1. The molecule has 2 heterocycles. The minimum Gasteiger partial charge on any atom is -0.338 e. The Labute approximate surface area is 157 Å². The van der Waals surface area contributed by atoms with E-state index < -0.39 is 0 Å². The zero-order chi connectivity index (χ0) is 18.8. The Kier molecular flexibility index (Phi) is 4.62. The third-order valence-electron chi connectivity index (χ3n) is 5.12. The van der Waals surface area contributed by atoms with Crippen molar-refractivity contribution in [2.45, 2.75) is 25.7 Å². The summed E-state index contributed by atoms with van der Waals surface area (Å²) >= 11 is 0. The number of hydrogen-bond acceptors (Lipinski definition) is 3. The minimum atomic E-state index is -0.128. The van der Waals surface area contributed by atoms with Gasteiger partial charge in [-0.25, -0.2) is 0 Å². The van der Waals surface area contributed by atoms with Crippen molar-refractivity contribution < 1.29 is 9.59 Å². The fourth-order valence-corrected chi connectivity index (χ4v) is 3.88. The quantitative estimate of drug-likeness (QED) is 0.748. The van der Waals surface area contributed by atoms with E-state index in [0.717, 1.165) is 41.4 Å². The molecule has 0 spiro atoms. The van der Waals surface area contributed by atoms with Crippen LogP contribution in [0.2, 0.25) is 0 Å². The standard InChI is InChI=1S/C21H22N4O2/c1-14(26)23-19-12-22-24-20(19)16-8-5-11-25(13-16)21(27)18-10-4-7-15-6-2-3-9-17(15)18/h2-4,6-7,9-10,12,16H,5,8,11,13H2,1H3,(H,22,24)(H,23,26). The molecule has 1 saturated heterocycles. The molecule has 0 bridgehead atoms. The van der Waals surface area contributed by atoms with Crippen LogP contribution < -0.4 is 5.32 Å². The molecule has 6 nitrogen and oxygen atoms in total. The Balaban J connectivity index is 1.59. The number of anilines is 1. The molecule has 0 saturated carbocycles. The van der Waals surface area contributed by atoms with Crippen molar-refractivity contribution >= 4 is 28.3 Å². The lowest BCUT2D eigenvalue weighted by Crippen LogP contribution is -2.39. The van der Waals surface area contributed by atoms with Gasteiger partial charge in [-0.15, -0.1) is 0 Å². The number of likely N-dealkylation sites (tertiary alicyclic amines) is 1. The number of piperidine rings is 1. The number of aromatic nitrogens is 2. The van der Waals surface area contributed by atoms with Crippen LogP contribution in [0, 0.1) is 0 Å². The van der Waals surface area contributed by atoms with Gasteiger partial charge in [0.25, 0.3) is 5.91 Å². The Morgan fingerprint density at radius 1 is 1.19 bits per heavy atom. The Morgan fingerprint density at radius 3 is 2.85 bits per heavy atom. The van der Waals surface area contributed by atoms with Crippen LogP contribution in [0.3, 0.4) is 0 Å². The van der Waals surface area contributed by atoms with Crippen LogP contribution in [-0.2, 0) is 4.79 Å². The van der Waals surface area contributed by atoms with Crippen LogP contribution in [0.4, 0.5) is 5.69 Å². The molecule has 1 aliphatic rings. The van der Waals surface area contributed by atoms with Crippen LogP contribution in [0.25, 0.3) is 10.8 Å². The maximum absolute atomic E-state index is 13.2. The molecule has 1 unspecified atom stereocenters. The molecule has 1 aliphatic heterocycles. The van der Waals surface area contributed by atoms with Gasteiger partial charge in [-0.2, -0.15) is 5.10 Å². The fraction of sp³-hybridized carbons (Fsp3) is 0.286. The zero-order valence-electron chi connectivity index (χ0n) is 15.2. The lowest BCUT2D eigenvalue weighted by atomic mass is 9.93. The molecule has 138 valence electrons. The number of amides is 2. The van der Waals surface area contributed by atoms with Crippen molar-refractivity contribution in [1.29, 1.82) is 0 Å². The van der Waals surface area contributed by atoms with Gasteiger partial charge >= 0.3 is 0 Å². The van der Waals surface area contributed by atoms with Crippen LogP contribution >= 0.6 is 0 Å². The van der Waals surface area contributed by atoms with E-state index in [1.807, 2.05) is 47.4 Å². The number of aromatic amines is 1. The average molecular weight is 362 g/mol. The summed E-state index contributed by atoms with van der Waals surface area (Å²) in [4.78, 5) is 26.5. The molecule has 2 amide bonds. The Bertz CT molecular complexity index is 989. The van der Waals surface area contributed by atoms with Crippen molar-refractivity contribution in [1.82, 2.24) is 15.1 Å². The van der Waals surface area contributed by atoms with Crippen molar-refractivity contribution in [3.8, 4) is 0 Å². The molecular weight excluding hydrogens is 340 g/mol. The highest BCUT2D eigenvalue weighted by atomic mass is 16.2. The van der Waals surface area contributed by atoms with Crippen molar-refractivity contribution in [3.63, 3.8) is 0 Å². The third-order valence-corrected chi connectivity index (χ3v) is 5.12. The second kappa shape index (κ2) is 7.23. The first kappa shape index (κ1) is 17.3. The van der Waals surface area contributed by atoms with Gasteiger partial charge in [0, 0.05) is 31.5 Å². The summed E-state index contributed by atoms with van der Waals surface area (Å²) in [5.74, 6) is 0.0521. The summed E-state index contributed by atoms with van der Waals surface area (Å²) < 4.78 is 0. The van der Waals surface area contributed by atoms with Gasteiger partial charge in [0.05, 0.1) is 17.6 Å². The van der Waals surface area contributed by atoms with E-state index in [1.54, 1.807) is 6.20 Å². The molecule has 27 heavy (non-hydrogen) atoms. The number of carbonyl (C=O) groups is 2. The second-order valence-corrected chi connectivity index (χ2v) is 7.00. The van der Waals surface area contributed by atoms with E-state index in [-0.39, 0.29) is 17.7 Å². The lowest BCUT2D eigenvalue weighted by molar-refractivity contribution is -0.114. The number of nitrogens with zero attached hydrogens (tertiary/aromatic N) is 2. The van der Waals surface area contributed by atoms with Gasteiger partial charge in [-0.1, -0.05) is 36.4 Å². The summed E-state index contributed by atoms with van der Waals surface area (Å²) in [6.07, 6.45) is 3.50. The van der Waals surface area contributed by atoms with Crippen molar-refractivity contribution in [2.75, 3.05) is 18.4 Å². The zero-order valence-corrected chi connectivity index (χ0v) is 15.2. The van der Waals surface area contributed by atoms with E-state index in [4.69, 9.17) is 0 Å². The first-order valence-corrected chi connectivity index (χ1v) is 9.21. The van der Waals surface area contributed by atoms with Gasteiger partial charge in [0.2, 0.25) is 5.91 Å². The van der Waals surface area contributed by atoms with Crippen LogP contribution in [-0.4, -0.2) is 40.0 Å². The van der Waals surface area contributed by atoms with E-state index in [1.165, 1.54) is 6.92 Å². The smallest absolute Gasteiger partial charge is 0.254 e. The number of rotatable bonds is 3. The third kappa shape index (κ3) is 3.43. The molecule has 1 aromatic heterocycles. The van der Waals surface area contributed by atoms with Gasteiger partial charge < -0.3 is 10.2 Å². The molecule has 2 aromatic carbocycles. The van der Waals surface area contributed by atoms with Crippen LogP contribution in [0.5, 0.6) is 0 Å². The molecule has 1 atom stereocenters. The highest BCUT2D eigenvalue weighted by Gasteiger charge is 2.28. The summed E-state index contributed by atoms with van der Waals surface area (Å²) in [6, 6.07) is 13.8.